The van der Waals surface area contributed by atoms with Gasteiger partial charge < -0.3 is 4.90 Å². The molecule has 4 rings (SSSR count). The summed E-state index contributed by atoms with van der Waals surface area (Å²) >= 11 is 0. The van der Waals surface area contributed by atoms with Gasteiger partial charge in [-0.05, 0) is 30.7 Å². The number of hydrogen-bond acceptors (Lipinski definition) is 5. The van der Waals surface area contributed by atoms with Crippen LogP contribution in [-0.4, -0.2) is 59.0 Å². The minimum absolute atomic E-state index is 0.170. The molecule has 0 unspecified atom stereocenters. The van der Waals surface area contributed by atoms with E-state index in [2.05, 4.69) is 26.6 Å². The Bertz CT molecular complexity index is 773. The third-order valence-corrected chi connectivity index (χ3v) is 5.49. The summed E-state index contributed by atoms with van der Waals surface area (Å²) in [5, 5.41) is 0. The second-order valence-corrected chi connectivity index (χ2v) is 7.56. The summed E-state index contributed by atoms with van der Waals surface area (Å²) in [6.07, 6.45) is 4.13. The average Bonchev–Trinajstić information content (AvgIpc) is 2.68. The molecule has 0 aliphatic carbocycles. The lowest BCUT2D eigenvalue weighted by molar-refractivity contribution is 0.242. The van der Waals surface area contributed by atoms with E-state index < -0.39 is 0 Å². The summed E-state index contributed by atoms with van der Waals surface area (Å²) in [5.74, 6) is 0.709. The van der Waals surface area contributed by atoms with Crippen molar-refractivity contribution in [3.8, 4) is 0 Å². The summed E-state index contributed by atoms with van der Waals surface area (Å²) in [6.45, 7) is 10.1. The maximum atomic E-state index is 13.4. The Morgan fingerprint density at radius 1 is 1.07 bits per heavy atom. The van der Waals surface area contributed by atoms with Gasteiger partial charge in [0, 0.05) is 64.0 Å². The maximum absolute atomic E-state index is 13.4. The van der Waals surface area contributed by atoms with Crippen LogP contribution in [0.4, 0.5) is 10.3 Å². The molecule has 0 N–H and O–H groups in total. The molecule has 5 nitrogen and oxygen atoms in total. The number of anilines is 1. The predicted molar refractivity (Wildman–Crippen MR) is 105 cm³/mol. The monoisotopic (exact) mass is 369 g/mol. The van der Waals surface area contributed by atoms with E-state index in [-0.39, 0.29) is 5.82 Å². The second-order valence-electron chi connectivity index (χ2n) is 7.56. The topological polar surface area (TPSA) is 35.5 Å². The molecular formula is C21H28FN5. The maximum Gasteiger partial charge on any atom is 0.225 e. The van der Waals surface area contributed by atoms with Crippen molar-refractivity contribution < 1.29 is 4.39 Å². The van der Waals surface area contributed by atoms with Crippen molar-refractivity contribution in [1.82, 2.24) is 19.8 Å². The molecule has 0 spiro atoms. The van der Waals surface area contributed by atoms with Crippen molar-refractivity contribution >= 4 is 5.95 Å². The zero-order chi connectivity index (χ0) is 18.6. The normalized spacial score (nSPS) is 18.5. The molecule has 1 fully saturated rings. The number of fused-ring (bicyclic) bond motifs is 1. The second kappa shape index (κ2) is 8.31. The number of benzene rings is 1. The Morgan fingerprint density at radius 2 is 1.93 bits per heavy atom. The van der Waals surface area contributed by atoms with Crippen LogP contribution in [0.1, 0.15) is 30.2 Å². The minimum atomic E-state index is -0.170. The highest BCUT2D eigenvalue weighted by molar-refractivity contribution is 5.35. The van der Waals surface area contributed by atoms with Crippen molar-refractivity contribution in [2.45, 2.75) is 32.9 Å². The number of halogens is 1. The Kier molecular flexibility index (Phi) is 5.64. The van der Waals surface area contributed by atoms with Crippen LogP contribution in [0.5, 0.6) is 0 Å². The number of piperazine rings is 1. The van der Waals surface area contributed by atoms with Crippen molar-refractivity contribution in [1.29, 1.82) is 0 Å². The molecular weight excluding hydrogens is 341 g/mol. The van der Waals surface area contributed by atoms with Gasteiger partial charge in [-0.1, -0.05) is 19.1 Å². The standard InChI is InChI=1S/C21H28FN5/c1-2-7-25-9-11-27(12-10-25)21-23-14-18-16-26(8-6-20(18)24-21)15-17-4-3-5-19(22)13-17/h3-5,13-14H,2,6-12,15-16H2,1H3. The van der Waals surface area contributed by atoms with Gasteiger partial charge in [0.05, 0.1) is 5.69 Å². The van der Waals surface area contributed by atoms with E-state index >= 15 is 0 Å². The predicted octanol–water partition coefficient (Wildman–Crippen LogP) is 2.71. The highest BCUT2D eigenvalue weighted by Gasteiger charge is 2.22. The number of nitrogens with zero attached hydrogens (tertiary/aromatic N) is 5. The Hall–Kier alpha value is -2.05. The van der Waals surface area contributed by atoms with Crippen molar-refractivity contribution in [3.63, 3.8) is 0 Å². The smallest absolute Gasteiger partial charge is 0.225 e. The highest BCUT2D eigenvalue weighted by atomic mass is 19.1. The van der Waals surface area contributed by atoms with Crippen LogP contribution in [0.3, 0.4) is 0 Å². The van der Waals surface area contributed by atoms with E-state index in [9.17, 15) is 4.39 Å². The molecule has 1 aromatic carbocycles. The van der Waals surface area contributed by atoms with Gasteiger partial charge in [0.25, 0.3) is 0 Å². The van der Waals surface area contributed by atoms with Gasteiger partial charge in [-0.3, -0.25) is 9.80 Å². The van der Waals surface area contributed by atoms with Gasteiger partial charge in [-0.2, -0.15) is 0 Å². The summed E-state index contributed by atoms with van der Waals surface area (Å²) in [6, 6.07) is 6.87. The quantitative estimate of drug-likeness (QED) is 0.810. The SMILES string of the molecule is CCCN1CCN(c2ncc3c(n2)CCN(Cc2cccc(F)c2)C3)CC1. The molecule has 0 amide bonds. The molecule has 2 aliphatic heterocycles. The van der Waals surface area contributed by atoms with Gasteiger partial charge in [-0.15, -0.1) is 0 Å². The first-order chi connectivity index (χ1) is 13.2. The average molecular weight is 369 g/mol. The molecule has 0 atom stereocenters. The summed E-state index contributed by atoms with van der Waals surface area (Å²) < 4.78 is 13.4. The van der Waals surface area contributed by atoms with Crippen LogP contribution >= 0.6 is 0 Å². The lowest BCUT2D eigenvalue weighted by Crippen LogP contribution is -2.47. The van der Waals surface area contributed by atoms with Crippen molar-refractivity contribution in [2.75, 3.05) is 44.2 Å². The first-order valence-corrected chi connectivity index (χ1v) is 10.00. The minimum Gasteiger partial charge on any atom is -0.338 e. The third-order valence-electron chi connectivity index (χ3n) is 5.49. The van der Waals surface area contributed by atoms with E-state index in [0.29, 0.717) is 0 Å². The van der Waals surface area contributed by atoms with Crippen LogP contribution in [0, 0.1) is 5.82 Å². The molecule has 2 aromatic rings. The van der Waals surface area contributed by atoms with Crippen LogP contribution in [0.15, 0.2) is 30.5 Å². The Balaban J connectivity index is 1.38. The Morgan fingerprint density at radius 3 is 2.70 bits per heavy atom. The zero-order valence-electron chi connectivity index (χ0n) is 16.1. The molecule has 3 heterocycles. The lowest BCUT2D eigenvalue weighted by Gasteiger charge is -2.35. The van der Waals surface area contributed by atoms with E-state index in [1.807, 2.05) is 12.3 Å². The molecule has 2 aliphatic rings. The van der Waals surface area contributed by atoms with Crippen LogP contribution in [0.2, 0.25) is 0 Å². The van der Waals surface area contributed by atoms with E-state index in [1.165, 1.54) is 30.3 Å². The largest absolute Gasteiger partial charge is 0.338 e. The Labute approximate surface area is 160 Å². The van der Waals surface area contributed by atoms with E-state index in [1.54, 1.807) is 12.1 Å². The first kappa shape index (κ1) is 18.3. The van der Waals surface area contributed by atoms with E-state index in [0.717, 1.165) is 63.7 Å². The van der Waals surface area contributed by atoms with Crippen molar-refractivity contribution in [2.24, 2.45) is 0 Å². The van der Waals surface area contributed by atoms with Gasteiger partial charge in [0.2, 0.25) is 5.95 Å². The fourth-order valence-electron chi connectivity index (χ4n) is 4.03. The molecule has 0 bridgehead atoms. The first-order valence-electron chi connectivity index (χ1n) is 10.00. The molecule has 0 saturated carbocycles. The molecule has 144 valence electrons. The number of rotatable bonds is 5. The van der Waals surface area contributed by atoms with Gasteiger partial charge in [0.1, 0.15) is 5.82 Å². The highest BCUT2D eigenvalue weighted by Crippen LogP contribution is 2.21. The zero-order valence-corrected chi connectivity index (χ0v) is 16.1. The summed E-state index contributed by atoms with van der Waals surface area (Å²) in [7, 11) is 0. The lowest BCUT2D eigenvalue weighted by atomic mass is 10.1. The van der Waals surface area contributed by atoms with E-state index in [4.69, 9.17) is 4.98 Å². The van der Waals surface area contributed by atoms with Gasteiger partial charge >= 0.3 is 0 Å². The summed E-state index contributed by atoms with van der Waals surface area (Å²) in [4.78, 5) is 16.7. The van der Waals surface area contributed by atoms with Crippen LogP contribution in [-0.2, 0) is 19.5 Å². The molecule has 0 radical (unpaired) electrons. The number of hydrogen-bond donors (Lipinski definition) is 0. The van der Waals surface area contributed by atoms with Gasteiger partial charge in [-0.25, -0.2) is 14.4 Å². The summed E-state index contributed by atoms with van der Waals surface area (Å²) in [5.41, 5.74) is 3.39. The van der Waals surface area contributed by atoms with Gasteiger partial charge in [0.15, 0.2) is 0 Å². The molecule has 1 aromatic heterocycles. The van der Waals surface area contributed by atoms with Crippen LogP contribution in [0.25, 0.3) is 0 Å². The fraction of sp³-hybridized carbons (Fsp3) is 0.524. The number of aromatic nitrogens is 2. The van der Waals surface area contributed by atoms with Crippen molar-refractivity contribution in [3.05, 3.63) is 53.1 Å². The molecule has 27 heavy (non-hydrogen) atoms. The molecule has 6 heteroatoms. The molecule has 1 saturated heterocycles. The van der Waals surface area contributed by atoms with Crippen LogP contribution < -0.4 is 4.90 Å². The fourth-order valence-corrected chi connectivity index (χ4v) is 4.03. The third kappa shape index (κ3) is 4.45.